The van der Waals surface area contributed by atoms with Gasteiger partial charge in [-0.25, -0.2) is 0 Å². The molecule has 0 amide bonds. The van der Waals surface area contributed by atoms with Gasteiger partial charge in [0.05, 0.1) is 0 Å². The van der Waals surface area contributed by atoms with Crippen molar-refractivity contribution in [1.82, 2.24) is 0 Å². The van der Waals surface area contributed by atoms with Gasteiger partial charge in [-0.05, 0) is 36.5 Å². The zero-order chi connectivity index (χ0) is 9.68. The van der Waals surface area contributed by atoms with Crippen LogP contribution in [-0.4, -0.2) is 10.7 Å². The molecular weight excluding hydrogens is 292 g/mol. The van der Waals surface area contributed by atoms with Gasteiger partial charge >= 0.3 is 0 Å². The summed E-state index contributed by atoms with van der Waals surface area (Å²) in [5, 5.41) is 2.10. The molecule has 0 aliphatic carbocycles. The minimum absolute atomic E-state index is 1.05. The largest absolute Gasteiger partial charge is 0.0924 e. The van der Waals surface area contributed by atoms with Gasteiger partial charge in [0.25, 0.3) is 0 Å². The summed E-state index contributed by atoms with van der Waals surface area (Å²) in [5.74, 6) is 0. The van der Waals surface area contributed by atoms with Gasteiger partial charge in [0, 0.05) is 10.7 Å². The molecule has 13 heavy (non-hydrogen) atoms. The number of rotatable bonds is 4. The molecule has 1 aromatic carbocycles. The third-order valence-electron chi connectivity index (χ3n) is 2.22. The van der Waals surface area contributed by atoms with Crippen LogP contribution in [0.2, 0.25) is 0 Å². The lowest BCUT2D eigenvalue weighted by Gasteiger charge is -2.10. The van der Waals surface area contributed by atoms with Gasteiger partial charge in [-0.15, -0.1) is 0 Å². The quantitative estimate of drug-likeness (QED) is 0.741. The van der Waals surface area contributed by atoms with Crippen LogP contribution in [0.25, 0.3) is 0 Å². The van der Waals surface area contributed by atoms with E-state index in [0.29, 0.717) is 0 Å². The number of halogens is 2. The summed E-state index contributed by atoms with van der Waals surface area (Å²) in [6, 6.07) is 6.56. The molecule has 2 heteroatoms. The van der Waals surface area contributed by atoms with E-state index in [4.69, 9.17) is 0 Å². The molecule has 0 fully saturated rings. The molecule has 0 bridgehead atoms. The van der Waals surface area contributed by atoms with Crippen molar-refractivity contribution in [2.75, 3.05) is 10.7 Å². The highest BCUT2D eigenvalue weighted by molar-refractivity contribution is 9.09. The van der Waals surface area contributed by atoms with Crippen LogP contribution in [0.15, 0.2) is 18.2 Å². The maximum atomic E-state index is 3.49. The van der Waals surface area contributed by atoms with Crippen LogP contribution < -0.4 is 0 Å². The lowest BCUT2D eigenvalue weighted by molar-refractivity contribution is 1.04. The Hall–Kier alpha value is 0.180. The SMILES string of the molecule is Cc1cccc(CCBr)c1CCBr. The Bertz CT molecular complexity index is 269. The molecule has 0 spiro atoms. The van der Waals surface area contributed by atoms with Gasteiger partial charge in [-0.3, -0.25) is 0 Å². The first-order chi connectivity index (χ1) is 6.29. The monoisotopic (exact) mass is 304 g/mol. The van der Waals surface area contributed by atoms with E-state index in [1.807, 2.05) is 0 Å². The molecule has 0 heterocycles. The molecule has 0 radical (unpaired) electrons. The topological polar surface area (TPSA) is 0 Å². The predicted octanol–water partition coefficient (Wildman–Crippen LogP) is 3.87. The summed E-state index contributed by atoms with van der Waals surface area (Å²) < 4.78 is 0. The van der Waals surface area contributed by atoms with E-state index in [1.54, 1.807) is 0 Å². The first kappa shape index (κ1) is 11.3. The molecule has 0 unspecified atom stereocenters. The fourth-order valence-corrected chi connectivity index (χ4v) is 2.37. The average Bonchev–Trinajstić information content (AvgIpc) is 2.11. The maximum Gasteiger partial charge on any atom is 0.00720 e. The molecule has 72 valence electrons. The van der Waals surface area contributed by atoms with Crippen LogP contribution in [0.3, 0.4) is 0 Å². The second-order valence-electron chi connectivity index (χ2n) is 3.09. The highest BCUT2D eigenvalue weighted by Crippen LogP contribution is 2.17. The van der Waals surface area contributed by atoms with Crippen LogP contribution in [-0.2, 0) is 12.8 Å². The van der Waals surface area contributed by atoms with Crippen LogP contribution in [0, 0.1) is 6.92 Å². The van der Waals surface area contributed by atoms with Gasteiger partial charge in [-0.1, -0.05) is 50.1 Å². The Kier molecular flexibility index (Phi) is 5.04. The molecule has 0 saturated heterocycles. The fraction of sp³-hybridized carbons (Fsp3) is 0.455. The smallest absolute Gasteiger partial charge is 0.00720 e. The Morgan fingerprint density at radius 3 is 2.38 bits per heavy atom. The normalized spacial score (nSPS) is 10.4. The maximum absolute atomic E-state index is 3.49. The molecule has 0 aliphatic heterocycles. The molecule has 0 N–H and O–H groups in total. The standard InChI is InChI=1S/C11H14Br2/c1-9-3-2-4-10(5-7-12)11(9)6-8-13/h2-4H,5-8H2,1H3. The molecular formula is C11H14Br2. The summed E-state index contributed by atoms with van der Waals surface area (Å²) in [6.45, 7) is 2.19. The number of aryl methyl sites for hydroxylation is 2. The number of benzene rings is 1. The predicted molar refractivity (Wildman–Crippen MR) is 66.2 cm³/mol. The van der Waals surface area contributed by atoms with Crippen molar-refractivity contribution in [2.45, 2.75) is 19.8 Å². The second-order valence-corrected chi connectivity index (χ2v) is 4.68. The summed E-state index contributed by atoms with van der Waals surface area (Å²) in [6.07, 6.45) is 2.26. The van der Waals surface area contributed by atoms with E-state index in [1.165, 1.54) is 16.7 Å². The number of hydrogen-bond donors (Lipinski definition) is 0. The first-order valence-electron chi connectivity index (χ1n) is 4.49. The fourth-order valence-electron chi connectivity index (χ4n) is 1.55. The Morgan fingerprint density at radius 1 is 1.08 bits per heavy atom. The van der Waals surface area contributed by atoms with Crippen LogP contribution in [0.1, 0.15) is 16.7 Å². The van der Waals surface area contributed by atoms with Crippen molar-refractivity contribution in [3.05, 3.63) is 34.9 Å². The van der Waals surface area contributed by atoms with E-state index in [0.717, 1.165) is 23.5 Å². The molecule has 0 saturated carbocycles. The number of hydrogen-bond acceptors (Lipinski definition) is 0. The van der Waals surface area contributed by atoms with E-state index < -0.39 is 0 Å². The molecule has 0 atom stereocenters. The van der Waals surface area contributed by atoms with Gasteiger partial charge in [0.2, 0.25) is 0 Å². The van der Waals surface area contributed by atoms with E-state index in [2.05, 4.69) is 57.0 Å². The third-order valence-corrected chi connectivity index (χ3v) is 3.01. The van der Waals surface area contributed by atoms with Crippen molar-refractivity contribution in [3.63, 3.8) is 0 Å². The summed E-state index contributed by atoms with van der Waals surface area (Å²) in [5.41, 5.74) is 4.41. The van der Waals surface area contributed by atoms with E-state index in [9.17, 15) is 0 Å². The van der Waals surface area contributed by atoms with Gasteiger partial charge in [0.1, 0.15) is 0 Å². The van der Waals surface area contributed by atoms with Crippen molar-refractivity contribution in [3.8, 4) is 0 Å². The average molecular weight is 306 g/mol. The Morgan fingerprint density at radius 2 is 1.77 bits per heavy atom. The Balaban J connectivity index is 2.95. The van der Waals surface area contributed by atoms with Crippen molar-refractivity contribution >= 4 is 31.9 Å². The molecule has 1 rings (SSSR count). The van der Waals surface area contributed by atoms with Crippen molar-refractivity contribution < 1.29 is 0 Å². The summed E-state index contributed by atoms with van der Waals surface area (Å²) in [4.78, 5) is 0. The lowest BCUT2D eigenvalue weighted by atomic mass is 9.98. The summed E-state index contributed by atoms with van der Waals surface area (Å²) >= 11 is 6.98. The molecule has 0 nitrogen and oxygen atoms in total. The van der Waals surface area contributed by atoms with E-state index in [-0.39, 0.29) is 0 Å². The Labute approximate surface area is 97.0 Å². The van der Waals surface area contributed by atoms with Gasteiger partial charge in [-0.2, -0.15) is 0 Å². The van der Waals surface area contributed by atoms with Gasteiger partial charge < -0.3 is 0 Å². The number of alkyl halides is 2. The van der Waals surface area contributed by atoms with Gasteiger partial charge in [0.15, 0.2) is 0 Å². The zero-order valence-corrected chi connectivity index (χ0v) is 11.0. The summed E-state index contributed by atoms with van der Waals surface area (Å²) in [7, 11) is 0. The molecule has 1 aromatic rings. The van der Waals surface area contributed by atoms with E-state index >= 15 is 0 Å². The third kappa shape index (κ3) is 3.10. The second kappa shape index (κ2) is 5.82. The molecule has 0 aliphatic rings. The first-order valence-corrected chi connectivity index (χ1v) is 6.73. The zero-order valence-electron chi connectivity index (χ0n) is 7.82. The lowest BCUT2D eigenvalue weighted by Crippen LogP contribution is -1.99. The van der Waals surface area contributed by atoms with Crippen molar-refractivity contribution in [2.24, 2.45) is 0 Å². The highest BCUT2D eigenvalue weighted by atomic mass is 79.9. The highest BCUT2D eigenvalue weighted by Gasteiger charge is 2.03. The van der Waals surface area contributed by atoms with Crippen molar-refractivity contribution in [1.29, 1.82) is 0 Å². The minimum atomic E-state index is 1.05. The van der Waals surface area contributed by atoms with Crippen LogP contribution >= 0.6 is 31.9 Å². The minimum Gasteiger partial charge on any atom is -0.0924 e. The van der Waals surface area contributed by atoms with Crippen LogP contribution in [0.4, 0.5) is 0 Å². The molecule has 0 aromatic heterocycles. The van der Waals surface area contributed by atoms with Crippen LogP contribution in [0.5, 0.6) is 0 Å².